The van der Waals surface area contributed by atoms with Crippen molar-refractivity contribution in [3.63, 3.8) is 0 Å². The van der Waals surface area contributed by atoms with E-state index in [1.165, 1.54) is 140 Å². The minimum atomic E-state index is -0.590. The average Bonchev–Trinajstić information content (AvgIpc) is 3.12. The molecule has 6 heteroatoms. The van der Waals surface area contributed by atoms with Gasteiger partial charge in [-0.05, 0) is 85.7 Å². The molecule has 0 radical (unpaired) electrons. The summed E-state index contributed by atoms with van der Waals surface area (Å²) >= 11 is 0. The molecule has 3 aromatic rings. The predicted octanol–water partition coefficient (Wildman–Crippen LogP) is 14.1. The highest BCUT2D eigenvalue weighted by atomic mass is 16.6. The highest BCUT2D eigenvalue weighted by Crippen LogP contribution is 2.23. The second kappa shape index (κ2) is 26.0. The summed E-state index contributed by atoms with van der Waals surface area (Å²) < 4.78 is 11.1. The van der Waals surface area contributed by atoms with Crippen molar-refractivity contribution < 1.29 is 19.1 Å². The molecule has 0 heterocycles. The maximum atomic E-state index is 12.7. The van der Waals surface area contributed by atoms with Crippen LogP contribution in [0.15, 0.2) is 66.7 Å². The fourth-order valence-corrected chi connectivity index (χ4v) is 6.41. The second-order valence-electron chi connectivity index (χ2n) is 14.2. The molecule has 0 atom stereocenters. The van der Waals surface area contributed by atoms with E-state index in [0.717, 1.165) is 18.4 Å². The number of carbonyl (C=O) groups excluding carboxylic acids is 2. The van der Waals surface area contributed by atoms with Crippen LogP contribution < -0.4 is 20.1 Å². The van der Waals surface area contributed by atoms with Gasteiger partial charge in [-0.2, -0.15) is 0 Å². The Morgan fingerprint density at radius 1 is 0.471 bits per heavy atom. The van der Waals surface area contributed by atoms with E-state index in [-0.39, 0.29) is 0 Å². The number of ether oxygens (including phenoxy) is 2. The lowest BCUT2D eigenvalue weighted by molar-refractivity contribution is 0.214. The molecule has 0 saturated heterocycles. The first-order valence-corrected chi connectivity index (χ1v) is 20.2. The zero-order valence-electron chi connectivity index (χ0n) is 32.0. The van der Waals surface area contributed by atoms with Gasteiger partial charge in [0, 0.05) is 11.4 Å². The number of rotatable bonds is 26. The fourth-order valence-electron chi connectivity index (χ4n) is 6.41. The fraction of sp³-hybridized carbons (Fsp3) is 0.556. The van der Waals surface area contributed by atoms with Crippen molar-refractivity contribution in [1.82, 2.24) is 0 Å². The molecule has 0 aliphatic rings. The van der Waals surface area contributed by atoms with Crippen LogP contribution >= 0.6 is 0 Å². The normalized spacial score (nSPS) is 11.0. The highest BCUT2D eigenvalue weighted by molar-refractivity contribution is 5.91. The molecular formula is C45H66N2O4. The van der Waals surface area contributed by atoms with E-state index in [0.29, 0.717) is 22.9 Å². The van der Waals surface area contributed by atoms with Crippen LogP contribution in [0.4, 0.5) is 21.0 Å². The van der Waals surface area contributed by atoms with Crippen LogP contribution in [0.3, 0.4) is 0 Å². The second-order valence-corrected chi connectivity index (χ2v) is 14.2. The molecule has 0 spiro atoms. The molecule has 3 rings (SSSR count). The van der Waals surface area contributed by atoms with Crippen molar-refractivity contribution in [1.29, 1.82) is 0 Å². The summed E-state index contributed by atoms with van der Waals surface area (Å²) in [6.45, 7) is 6.41. The average molecular weight is 699 g/mol. The highest BCUT2D eigenvalue weighted by Gasteiger charge is 2.11. The molecule has 0 fully saturated rings. The lowest BCUT2D eigenvalue weighted by atomic mass is 10.0. The summed E-state index contributed by atoms with van der Waals surface area (Å²) in [5.74, 6) is 0.979. The molecule has 280 valence electrons. The van der Waals surface area contributed by atoms with Crippen molar-refractivity contribution in [3.05, 3.63) is 83.4 Å². The van der Waals surface area contributed by atoms with E-state index in [1.54, 1.807) is 12.1 Å². The van der Waals surface area contributed by atoms with Crippen LogP contribution in [0.25, 0.3) is 0 Å². The molecule has 0 aliphatic heterocycles. The Bertz CT molecular complexity index is 1370. The lowest BCUT2D eigenvalue weighted by Gasteiger charge is -2.12. The van der Waals surface area contributed by atoms with Gasteiger partial charge in [-0.3, -0.25) is 10.6 Å². The Balaban J connectivity index is 1.32. The lowest BCUT2D eigenvalue weighted by Crippen LogP contribution is -2.19. The van der Waals surface area contributed by atoms with Crippen LogP contribution in [-0.2, 0) is 12.8 Å². The zero-order chi connectivity index (χ0) is 36.4. The summed E-state index contributed by atoms with van der Waals surface area (Å²) in [5.41, 5.74) is 4.41. The number of carbonyl (C=O) groups is 2. The van der Waals surface area contributed by atoms with E-state index in [4.69, 9.17) is 9.47 Å². The zero-order valence-corrected chi connectivity index (χ0v) is 32.0. The third-order valence-electron chi connectivity index (χ3n) is 9.63. The Morgan fingerprint density at radius 2 is 0.843 bits per heavy atom. The molecule has 2 N–H and O–H groups in total. The maximum Gasteiger partial charge on any atom is 0.417 e. The van der Waals surface area contributed by atoms with Gasteiger partial charge in [0.2, 0.25) is 0 Å². The van der Waals surface area contributed by atoms with Crippen LogP contribution in [-0.4, -0.2) is 12.2 Å². The Morgan fingerprint density at radius 3 is 1.25 bits per heavy atom. The van der Waals surface area contributed by atoms with Crippen molar-refractivity contribution in [2.45, 2.75) is 162 Å². The van der Waals surface area contributed by atoms with E-state index in [9.17, 15) is 9.59 Å². The molecule has 0 aliphatic carbocycles. The maximum absolute atomic E-state index is 12.7. The van der Waals surface area contributed by atoms with Crippen LogP contribution in [0, 0.1) is 6.92 Å². The molecule has 51 heavy (non-hydrogen) atoms. The largest absolute Gasteiger partial charge is 0.417 e. The van der Waals surface area contributed by atoms with Crippen molar-refractivity contribution in [2.24, 2.45) is 0 Å². The van der Waals surface area contributed by atoms with Crippen molar-refractivity contribution in [2.75, 3.05) is 10.6 Å². The summed E-state index contributed by atoms with van der Waals surface area (Å²) in [4.78, 5) is 25.4. The Labute approximate surface area is 309 Å². The quantitative estimate of drug-likeness (QED) is 0.0818. The minimum absolute atomic E-state index is 0.489. The Kier molecular flexibility index (Phi) is 21.3. The van der Waals surface area contributed by atoms with Gasteiger partial charge in [0.1, 0.15) is 11.5 Å². The van der Waals surface area contributed by atoms with E-state index < -0.39 is 12.2 Å². The summed E-state index contributed by atoms with van der Waals surface area (Å²) in [6.07, 6.45) is 27.4. The third kappa shape index (κ3) is 18.8. The number of hydrogen-bond donors (Lipinski definition) is 2. The van der Waals surface area contributed by atoms with Gasteiger partial charge in [-0.25, -0.2) is 9.59 Å². The van der Waals surface area contributed by atoms with E-state index in [2.05, 4.69) is 24.5 Å². The summed E-state index contributed by atoms with van der Waals surface area (Å²) in [6, 6.07) is 20.8. The van der Waals surface area contributed by atoms with Crippen molar-refractivity contribution in [3.8, 4) is 11.5 Å². The molecule has 0 aromatic heterocycles. The number of anilines is 2. The van der Waals surface area contributed by atoms with E-state index in [1.807, 2.05) is 61.5 Å². The standard InChI is InChI=1S/C45H66N2O4/c1-4-6-8-10-12-14-16-18-20-22-24-38-27-32-41(33-28-38)50-44(48)46-40-31-26-37(3)43(36-40)47-45(49)51-42-34-29-39(30-35-42)25-23-21-19-17-15-13-11-9-7-5-2/h26-36H,4-25H2,1-3H3,(H,46,48)(H,47,49). The van der Waals surface area contributed by atoms with Gasteiger partial charge in [0.25, 0.3) is 0 Å². The number of hydrogen-bond acceptors (Lipinski definition) is 4. The van der Waals surface area contributed by atoms with Gasteiger partial charge in [-0.1, -0.05) is 160 Å². The first kappa shape index (κ1) is 41.6. The minimum Gasteiger partial charge on any atom is -0.410 e. The number of unbranched alkanes of at least 4 members (excludes halogenated alkanes) is 18. The van der Waals surface area contributed by atoms with Crippen LogP contribution in [0.1, 0.15) is 159 Å². The summed E-state index contributed by atoms with van der Waals surface area (Å²) in [5, 5.41) is 5.56. The van der Waals surface area contributed by atoms with Crippen molar-refractivity contribution >= 4 is 23.6 Å². The molecule has 0 saturated carbocycles. The third-order valence-corrected chi connectivity index (χ3v) is 9.63. The Hall–Kier alpha value is -3.80. The van der Waals surface area contributed by atoms with Crippen LogP contribution in [0.2, 0.25) is 0 Å². The van der Waals surface area contributed by atoms with Gasteiger partial charge in [-0.15, -0.1) is 0 Å². The van der Waals surface area contributed by atoms with Gasteiger partial charge in [0.15, 0.2) is 0 Å². The monoisotopic (exact) mass is 699 g/mol. The number of nitrogens with one attached hydrogen (secondary N) is 2. The van der Waals surface area contributed by atoms with Gasteiger partial charge < -0.3 is 9.47 Å². The SMILES string of the molecule is CCCCCCCCCCCCc1ccc(OC(=O)Nc2ccc(C)c(NC(=O)Oc3ccc(CCCCCCCCCCCC)cc3)c2)cc1. The molecule has 0 bridgehead atoms. The number of benzene rings is 3. The molecule has 0 unspecified atom stereocenters. The first-order valence-electron chi connectivity index (χ1n) is 20.2. The smallest absolute Gasteiger partial charge is 0.410 e. The van der Waals surface area contributed by atoms with Gasteiger partial charge >= 0.3 is 12.2 Å². The number of amides is 2. The van der Waals surface area contributed by atoms with Gasteiger partial charge in [0.05, 0.1) is 0 Å². The van der Waals surface area contributed by atoms with Crippen LogP contribution in [0.5, 0.6) is 11.5 Å². The molecule has 2 amide bonds. The van der Waals surface area contributed by atoms with E-state index >= 15 is 0 Å². The predicted molar refractivity (Wildman–Crippen MR) is 214 cm³/mol. The topological polar surface area (TPSA) is 76.7 Å². The molecular weight excluding hydrogens is 633 g/mol. The molecule has 6 nitrogen and oxygen atoms in total. The number of aryl methyl sites for hydroxylation is 3. The molecule has 3 aromatic carbocycles. The summed E-state index contributed by atoms with van der Waals surface area (Å²) in [7, 11) is 0. The first-order chi connectivity index (χ1) is 25.0.